The van der Waals surface area contributed by atoms with Crippen LogP contribution >= 0.6 is 0 Å². The molecule has 0 unspecified atom stereocenters. The summed E-state index contributed by atoms with van der Waals surface area (Å²) in [6.45, 7) is 6.01. The Bertz CT molecular complexity index is 813. The molecule has 0 bridgehead atoms. The lowest BCUT2D eigenvalue weighted by Crippen LogP contribution is -2.03. The molecule has 0 amide bonds. The van der Waals surface area contributed by atoms with E-state index in [0.717, 1.165) is 29.0 Å². The minimum Gasteiger partial charge on any atom is -0.496 e. The second-order valence-electron chi connectivity index (χ2n) is 5.53. The highest BCUT2D eigenvalue weighted by Crippen LogP contribution is 2.27. The first kappa shape index (κ1) is 19.4. The second-order valence-corrected chi connectivity index (χ2v) is 5.53. The summed E-state index contributed by atoms with van der Waals surface area (Å²) < 4.78 is 21.7. The van der Waals surface area contributed by atoms with Gasteiger partial charge in [-0.15, -0.1) is 0 Å². The molecule has 2 heterocycles. The number of rotatable bonds is 6. The summed E-state index contributed by atoms with van der Waals surface area (Å²) in [5, 5.41) is 0. The van der Waals surface area contributed by atoms with Crippen LogP contribution in [-0.4, -0.2) is 37.9 Å². The van der Waals surface area contributed by atoms with Gasteiger partial charge < -0.3 is 18.9 Å². The lowest BCUT2D eigenvalue weighted by molar-refractivity contribution is 0.343. The number of hydrogen-bond donors (Lipinski definition) is 0. The van der Waals surface area contributed by atoms with Crippen molar-refractivity contribution >= 4 is 0 Å². The summed E-state index contributed by atoms with van der Waals surface area (Å²) in [6.07, 6.45) is 0.797. The Hall–Kier alpha value is -2.94. The molecule has 2 aromatic heterocycles. The molecule has 2 rings (SSSR count). The molecule has 0 aliphatic rings. The van der Waals surface area contributed by atoms with Gasteiger partial charge in [0.2, 0.25) is 11.8 Å². The Kier molecular flexibility index (Phi) is 6.67. The number of aromatic nitrogens is 2. The third-order valence-corrected chi connectivity index (χ3v) is 3.91. The number of ether oxygens (including phenoxy) is 4. The number of pyridine rings is 2. The van der Waals surface area contributed by atoms with Gasteiger partial charge in [0.15, 0.2) is 6.61 Å². The van der Waals surface area contributed by atoms with Crippen molar-refractivity contribution in [2.45, 2.75) is 27.2 Å². The van der Waals surface area contributed by atoms with Crippen LogP contribution in [0.4, 0.5) is 0 Å². The molecule has 2 aromatic rings. The number of nitrogens with zero attached hydrogens (tertiary/aromatic N) is 2. The molecule has 138 valence electrons. The van der Waals surface area contributed by atoms with Gasteiger partial charge in [-0.2, -0.15) is 0 Å². The highest BCUT2D eigenvalue weighted by Gasteiger charge is 2.10. The normalized spacial score (nSPS) is 9.92. The maximum atomic E-state index is 5.73. The van der Waals surface area contributed by atoms with Crippen LogP contribution in [-0.2, 0) is 6.42 Å². The maximum Gasteiger partial charge on any atom is 0.221 e. The van der Waals surface area contributed by atoms with Crippen LogP contribution in [0, 0.1) is 25.7 Å². The first-order valence-corrected chi connectivity index (χ1v) is 8.29. The molecular weight excluding hydrogens is 332 g/mol. The molecule has 6 heteroatoms. The van der Waals surface area contributed by atoms with E-state index in [0.29, 0.717) is 23.2 Å². The molecule has 26 heavy (non-hydrogen) atoms. The van der Waals surface area contributed by atoms with E-state index < -0.39 is 0 Å². The van der Waals surface area contributed by atoms with Crippen LogP contribution in [0.1, 0.15) is 29.4 Å². The van der Waals surface area contributed by atoms with Crippen molar-refractivity contribution in [1.29, 1.82) is 0 Å². The Morgan fingerprint density at radius 3 is 2.15 bits per heavy atom. The zero-order valence-corrected chi connectivity index (χ0v) is 16.1. The zero-order chi connectivity index (χ0) is 19.1. The lowest BCUT2D eigenvalue weighted by Gasteiger charge is -2.11. The first-order valence-electron chi connectivity index (χ1n) is 8.29. The van der Waals surface area contributed by atoms with Crippen LogP contribution in [0.5, 0.6) is 23.3 Å². The smallest absolute Gasteiger partial charge is 0.221 e. The SMILES string of the molecule is CCc1cc(OC)c(C)c(OCC#Cc2cc(OC)c(C)c(OC)n2)n1. The number of hydrogen-bond acceptors (Lipinski definition) is 6. The zero-order valence-electron chi connectivity index (χ0n) is 16.1. The van der Waals surface area contributed by atoms with E-state index in [-0.39, 0.29) is 6.61 Å². The van der Waals surface area contributed by atoms with E-state index in [9.17, 15) is 0 Å². The summed E-state index contributed by atoms with van der Waals surface area (Å²) in [6, 6.07) is 3.69. The molecule has 6 nitrogen and oxygen atoms in total. The highest BCUT2D eigenvalue weighted by atomic mass is 16.5. The van der Waals surface area contributed by atoms with Crippen LogP contribution in [0.2, 0.25) is 0 Å². The highest BCUT2D eigenvalue weighted by molar-refractivity contribution is 5.45. The van der Waals surface area contributed by atoms with Crippen molar-refractivity contribution in [3.63, 3.8) is 0 Å². The summed E-state index contributed by atoms with van der Waals surface area (Å²) in [7, 11) is 4.80. The third-order valence-electron chi connectivity index (χ3n) is 3.91. The third kappa shape index (κ3) is 4.37. The first-order chi connectivity index (χ1) is 12.5. The van der Waals surface area contributed by atoms with Gasteiger partial charge in [-0.1, -0.05) is 12.8 Å². The topological polar surface area (TPSA) is 62.7 Å². The fourth-order valence-corrected chi connectivity index (χ4v) is 2.41. The summed E-state index contributed by atoms with van der Waals surface area (Å²) in [5.41, 5.74) is 3.14. The van der Waals surface area contributed by atoms with Crippen LogP contribution in [0.15, 0.2) is 12.1 Å². The summed E-state index contributed by atoms with van der Waals surface area (Å²) in [5.74, 6) is 8.37. The molecule has 0 aromatic carbocycles. The maximum absolute atomic E-state index is 5.73. The van der Waals surface area contributed by atoms with Crippen molar-refractivity contribution in [1.82, 2.24) is 9.97 Å². The average Bonchev–Trinajstić information content (AvgIpc) is 2.67. The predicted molar refractivity (Wildman–Crippen MR) is 99.4 cm³/mol. The molecule has 0 aliphatic heterocycles. The molecule has 0 fully saturated rings. The molecule has 0 radical (unpaired) electrons. The Balaban J connectivity index is 2.17. The standard InChI is InChI=1S/C20H24N2O4/c1-7-15-11-17(23-4)14(3)20(21-15)26-10-8-9-16-12-18(24-5)13(2)19(22-16)25-6/h11-12H,7,10H2,1-6H3. The Morgan fingerprint density at radius 2 is 1.54 bits per heavy atom. The van der Waals surface area contributed by atoms with Gasteiger partial charge in [-0.25, -0.2) is 9.97 Å². The fourth-order valence-electron chi connectivity index (χ4n) is 2.41. The molecule has 0 aliphatic carbocycles. The van der Waals surface area contributed by atoms with Gasteiger partial charge in [0.25, 0.3) is 0 Å². The van der Waals surface area contributed by atoms with Crippen molar-refractivity contribution in [3.05, 3.63) is 34.6 Å². The monoisotopic (exact) mass is 356 g/mol. The molecule has 0 N–H and O–H groups in total. The van der Waals surface area contributed by atoms with Gasteiger partial charge in [-0.3, -0.25) is 0 Å². The average molecular weight is 356 g/mol. The minimum absolute atomic E-state index is 0.185. The predicted octanol–water partition coefficient (Wildman–Crippen LogP) is 3.11. The molecule has 0 atom stereocenters. The van der Waals surface area contributed by atoms with E-state index >= 15 is 0 Å². The van der Waals surface area contributed by atoms with Crippen LogP contribution < -0.4 is 18.9 Å². The van der Waals surface area contributed by atoms with Gasteiger partial charge in [0.1, 0.15) is 17.2 Å². The van der Waals surface area contributed by atoms with Crippen LogP contribution in [0.3, 0.4) is 0 Å². The van der Waals surface area contributed by atoms with Gasteiger partial charge in [-0.05, 0) is 26.2 Å². The van der Waals surface area contributed by atoms with Crippen molar-refractivity contribution in [3.8, 4) is 35.1 Å². The minimum atomic E-state index is 0.185. The van der Waals surface area contributed by atoms with Crippen molar-refractivity contribution in [2.24, 2.45) is 0 Å². The molecular formula is C20H24N2O4. The molecule has 0 saturated carbocycles. The largest absolute Gasteiger partial charge is 0.496 e. The fraction of sp³-hybridized carbons (Fsp3) is 0.400. The summed E-state index contributed by atoms with van der Waals surface area (Å²) >= 11 is 0. The van der Waals surface area contributed by atoms with Crippen LogP contribution in [0.25, 0.3) is 0 Å². The lowest BCUT2D eigenvalue weighted by atomic mass is 10.2. The van der Waals surface area contributed by atoms with Gasteiger partial charge in [0, 0.05) is 17.8 Å². The van der Waals surface area contributed by atoms with E-state index in [1.807, 2.05) is 26.8 Å². The quantitative estimate of drug-likeness (QED) is 0.741. The summed E-state index contributed by atoms with van der Waals surface area (Å²) in [4.78, 5) is 8.83. The molecule has 0 spiro atoms. The second kappa shape index (κ2) is 8.95. The van der Waals surface area contributed by atoms with E-state index in [1.54, 1.807) is 27.4 Å². The molecule has 0 saturated heterocycles. The van der Waals surface area contributed by atoms with E-state index in [2.05, 4.69) is 21.8 Å². The van der Waals surface area contributed by atoms with Gasteiger partial charge in [0.05, 0.1) is 32.5 Å². The Morgan fingerprint density at radius 1 is 0.885 bits per heavy atom. The van der Waals surface area contributed by atoms with Crippen molar-refractivity contribution < 1.29 is 18.9 Å². The van der Waals surface area contributed by atoms with Gasteiger partial charge >= 0.3 is 0 Å². The van der Waals surface area contributed by atoms with E-state index in [1.165, 1.54) is 0 Å². The van der Waals surface area contributed by atoms with Crippen molar-refractivity contribution in [2.75, 3.05) is 27.9 Å². The number of aryl methyl sites for hydroxylation is 1. The number of methoxy groups -OCH3 is 3. The Labute approximate surface area is 154 Å². The van der Waals surface area contributed by atoms with E-state index in [4.69, 9.17) is 18.9 Å².